The molecule has 1 heterocycles. The second-order valence-electron chi connectivity index (χ2n) is 4.51. The van der Waals surface area contributed by atoms with Crippen molar-refractivity contribution in [1.29, 1.82) is 0 Å². The molecular formula is C14H21NOS. The van der Waals surface area contributed by atoms with Crippen LogP contribution in [0, 0.1) is 0 Å². The molecule has 2 rings (SSSR count). The summed E-state index contributed by atoms with van der Waals surface area (Å²) in [7, 11) is 0. The molecule has 1 aliphatic rings. The summed E-state index contributed by atoms with van der Waals surface area (Å²) >= 11 is 1.97. The number of thioether (sulfide) groups is 1. The lowest BCUT2D eigenvalue weighted by atomic mass is 10.1. The van der Waals surface area contributed by atoms with Crippen LogP contribution in [0.25, 0.3) is 0 Å². The van der Waals surface area contributed by atoms with Crippen molar-refractivity contribution in [2.75, 3.05) is 13.2 Å². The summed E-state index contributed by atoms with van der Waals surface area (Å²) in [5.41, 5.74) is 7.24. The van der Waals surface area contributed by atoms with Gasteiger partial charge in [-0.1, -0.05) is 19.1 Å². The molecule has 17 heavy (non-hydrogen) atoms. The molecule has 3 heteroatoms. The Kier molecular flexibility index (Phi) is 4.89. The molecule has 0 bridgehead atoms. The summed E-state index contributed by atoms with van der Waals surface area (Å²) < 4.78 is 5.37. The first-order chi connectivity index (χ1) is 8.29. The normalized spacial score (nSPS) is 19.2. The van der Waals surface area contributed by atoms with E-state index in [1.165, 1.54) is 23.3 Å². The van der Waals surface area contributed by atoms with Crippen molar-refractivity contribution < 1.29 is 4.74 Å². The van der Waals surface area contributed by atoms with Gasteiger partial charge in [0.15, 0.2) is 0 Å². The Bertz CT molecular complexity index is 333. The molecular weight excluding hydrogens is 230 g/mol. The molecule has 1 saturated heterocycles. The molecule has 0 amide bonds. The molecule has 0 radical (unpaired) electrons. The maximum absolute atomic E-state index is 6.01. The summed E-state index contributed by atoms with van der Waals surface area (Å²) in [5, 5.41) is 0.717. The zero-order chi connectivity index (χ0) is 12.1. The van der Waals surface area contributed by atoms with E-state index in [1.54, 1.807) is 0 Å². The van der Waals surface area contributed by atoms with Crippen LogP contribution in [0.3, 0.4) is 0 Å². The van der Waals surface area contributed by atoms with Gasteiger partial charge in [-0.25, -0.2) is 0 Å². The third-order valence-electron chi connectivity index (χ3n) is 3.22. The zero-order valence-electron chi connectivity index (χ0n) is 10.4. The first-order valence-electron chi connectivity index (χ1n) is 6.39. The van der Waals surface area contributed by atoms with Crippen LogP contribution in [0.15, 0.2) is 29.2 Å². The van der Waals surface area contributed by atoms with Gasteiger partial charge in [0.2, 0.25) is 0 Å². The van der Waals surface area contributed by atoms with Crippen LogP contribution in [0.2, 0.25) is 0 Å². The first kappa shape index (κ1) is 12.9. The average Bonchev–Trinajstić information content (AvgIpc) is 2.40. The number of benzene rings is 1. The van der Waals surface area contributed by atoms with E-state index in [4.69, 9.17) is 10.5 Å². The van der Waals surface area contributed by atoms with Crippen molar-refractivity contribution >= 4 is 11.8 Å². The predicted octanol–water partition coefficient (Wildman–Crippen LogP) is 3.37. The monoisotopic (exact) mass is 251 g/mol. The highest BCUT2D eigenvalue weighted by Gasteiger charge is 2.14. The highest BCUT2D eigenvalue weighted by atomic mass is 32.2. The first-order valence-corrected chi connectivity index (χ1v) is 7.27. The third kappa shape index (κ3) is 3.73. The largest absolute Gasteiger partial charge is 0.381 e. The van der Waals surface area contributed by atoms with E-state index in [-0.39, 0.29) is 6.04 Å². The molecule has 2 N–H and O–H groups in total. The molecule has 1 fully saturated rings. The van der Waals surface area contributed by atoms with Crippen LogP contribution in [0.1, 0.15) is 37.8 Å². The minimum Gasteiger partial charge on any atom is -0.381 e. The van der Waals surface area contributed by atoms with Crippen molar-refractivity contribution in [2.24, 2.45) is 5.73 Å². The third-order valence-corrected chi connectivity index (χ3v) is 4.57. The fourth-order valence-electron chi connectivity index (χ4n) is 2.02. The lowest BCUT2D eigenvalue weighted by Crippen LogP contribution is -2.17. The zero-order valence-corrected chi connectivity index (χ0v) is 11.2. The van der Waals surface area contributed by atoms with Crippen molar-refractivity contribution in [3.05, 3.63) is 29.8 Å². The van der Waals surface area contributed by atoms with Crippen LogP contribution >= 0.6 is 11.8 Å². The van der Waals surface area contributed by atoms with Gasteiger partial charge in [0.05, 0.1) is 0 Å². The van der Waals surface area contributed by atoms with Gasteiger partial charge < -0.3 is 10.5 Å². The van der Waals surface area contributed by atoms with Gasteiger partial charge in [0, 0.05) is 29.4 Å². The Balaban J connectivity index is 1.93. The number of ether oxygens (including phenoxy) is 1. The SMILES string of the molecule is CCC(N)c1ccc(SC2CCOCC2)cc1. The Morgan fingerprint density at radius 2 is 1.94 bits per heavy atom. The maximum Gasteiger partial charge on any atom is 0.0476 e. The molecule has 2 nitrogen and oxygen atoms in total. The molecule has 1 aromatic carbocycles. The van der Waals surface area contributed by atoms with E-state index >= 15 is 0 Å². The molecule has 1 unspecified atom stereocenters. The van der Waals surface area contributed by atoms with Gasteiger partial charge in [0.25, 0.3) is 0 Å². The van der Waals surface area contributed by atoms with Crippen LogP contribution in [-0.2, 0) is 4.74 Å². The van der Waals surface area contributed by atoms with E-state index < -0.39 is 0 Å². The maximum atomic E-state index is 6.01. The quantitative estimate of drug-likeness (QED) is 0.891. The molecule has 0 aromatic heterocycles. The van der Waals surface area contributed by atoms with E-state index in [0.29, 0.717) is 0 Å². The number of hydrogen-bond donors (Lipinski definition) is 1. The Morgan fingerprint density at radius 3 is 2.53 bits per heavy atom. The topological polar surface area (TPSA) is 35.2 Å². The molecule has 0 spiro atoms. The number of rotatable bonds is 4. The summed E-state index contributed by atoms with van der Waals surface area (Å²) in [6, 6.07) is 8.90. The van der Waals surface area contributed by atoms with Crippen LogP contribution < -0.4 is 5.73 Å². The van der Waals surface area contributed by atoms with Crippen LogP contribution in [0.4, 0.5) is 0 Å². The molecule has 1 aromatic rings. The van der Waals surface area contributed by atoms with Crippen molar-refractivity contribution in [3.63, 3.8) is 0 Å². The average molecular weight is 251 g/mol. The summed E-state index contributed by atoms with van der Waals surface area (Å²) in [5.74, 6) is 0. The van der Waals surface area contributed by atoms with Crippen LogP contribution in [-0.4, -0.2) is 18.5 Å². The van der Waals surface area contributed by atoms with E-state index in [2.05, 4.69) is 31.2 Å². The van der Waals surface area contributed by atoms with Crippen LogP contribution in [0.5, 0.6) is 0 Å². The molecule has 0 aliphatic carbocycles. The summed E-state index contributed by atoms with van der Waals surface area (Å²) in [4.78, 5) is 1.35. The Morgan fingerprint density at radius 1 is 1.29 bits per heavy atom. The minimum atomic E-state index is 0.178. The standard InChI is InChI=1S/C14H21NOS/c1-2-14(15)11-3-5-12(6-4-11)17-13-7-9-16-10-8-13/h3-6,13-14H,2,7-10,15H2,1H3. The van der Waals surface area contributed by atoms with Gasteiger partial charge in [-0.2, -0.15) is 0 Å². The van der Waals surface area contributed by atoms with Gasteiger partial charge in [-0.3, -0.25) is 0 Å². The van der Waals surface area contributed by atoms with Crippen molar-refractivity contribution in [1.82, 2.24) is 0 Å². The lowest BCUT2D eigenvalue weighted by Gasteiger charge is -2.21. The molecule has 1 aliphatic heterocycles. The minimum absolute atomic E-state index is 0.178. The van der Waals surface area contributed by atoms with E-state index in [1.807, 2.05) is 11.8 Å². The fourth-order valence-corrected chi connectivity index (χ4v) is 3.12. The van der Waals surface area contributed by atoms with Crippen molar-refractivity contribution in [3.8, 4) is 0 Å². The summed E-state index contributed by atoms with van der Waals surface area (Å²) in [6.07, 6.45) is 3.33. The predicted molar refractivity (Wildman–Crippen MR) is 73.4 cm³/mol. The Labute approximate surface area is 108 Å². The number of nitrogens with two attached hydrogens (primary N) is 1. The molecule has 0 saturated carbocycles. The fraction of sp³-hybridized carbons (Fsp3) is 0.571. The van der Waals surface area contributed by atoms with Crippen molar-refractivity contribution in [2.45, 2.75) is 42.4 Å². The molecule has 1 atom stereocenters. The van der Waals surface area contributed by atoms with Gasteiger partial charge in [-0.05, 0) is 37.0 Å². The smallest absolute Gasteiger partial charge is 0.0476 e. The highest BCUT2D eigenvalue weighted by molar-refractivity contribution is 8.00. The van der Waals surface area contributed by atoms with E-state index in [0.717, 1.165) is 24.9 Å². The Hall–Kier alpha value is -0.510. The van der Waals surface area contributed by atoms with Gasteiger partial charge >= 0.3 is 0 Å². The van der Waals surface area contributed by atoms with Gasteiger partial charge in [-0.15, -0.1) is 11.8 Å². The highest BCUT2D eigenvalue weighted by Crippen LogP contribution is 2.30. The summed E-state index contributed by atoms with van der Waals surface area (Å²) in [6.45, 7) is 3.95. The lowest BCUT2D eigenvalue weighted by molar-refractivity contribution is 0.100. The van der Waals surface area contributed by atoms with E-state index in [9.17, 15) is 0 Å². The second kappa shape index (κ2) is 6.43. The molecule has 94 valence electrons. The van der Waals surface area contributed by atoms with Gasteiger partial charge in [0.1, 0.15) is 0 Å². The number of hydrogen-bond acceptors (Lipinski definition) is 3. The second-order valence-corrected chi connectivity index (χ2v) is 5.89.